The van der Waals surface area contributed by atoms with Crippen LogP contribution in [0.25, 0.3) is 0 Å². The molecule has 0 N–H and O–H groups in total. The van der Waals surface area contributed by atoms with Gasteiger partial charge in [-0.3, -0.25) is 4.79 Å². The summed E-state index contributed by atoms with van der Waals surface area (Å²) in [5.41, 5.74) is 0.0980. The Balaban J connectivity index is 2.68. The summed E-state index contributed by atoms with van der Waals surface area (Å²) in [6.07, 6.45) is 1.13. The molecule has 70 valence electrons. The molecule has 1 unspecified atom stereocenters. The average Bonchev–Trinajstić information content (AvgIpc) is 1.84. The minimum absolute atomic E-state index is 0.0980. The maximum absolute atomic E-state index is 11.7. The molecular weight excluding hydrogens is 150 g/mol. The minimum atomic E-state index is 0.0980. The molecule has 1 aliphatic rings. The summed E-state index contributed by atoms with van der Waals surface area (Å²) in [6, 6.07) is 0.440. The fourth-order valence-electron chi connectivity index (χ4n) is 2.19. The molecule has 0 aromatic heterocycles. The molecule has 1 rings (SSSR count). The quantitative estimate of drug-likeness (QED) is 0.588. The van der Waals surface area contributed by atoms with Crippen molar-refractivity contribution in [2.75, 3.05) is 0 Å². The SMILES string of the molecule is CC(C)C(=O)N1C(C)CC1(C)C. The van der Waals surface area contributed by atoms with Gasteiger partial charge in [0.25, 0.3) is 0 Å². The molecule has 0 aromatic carbocycles. The summed E-state index contributed by atoms with van der Waals surface area (Å²) in [5.74, 6) is 0.422. The topological polar surface area (TPSA) is 20.3 Å². The number of amides is 1. The van der Waals surface area contributed by atoms with Gasteiger partial charge >= 0.3 is 0 Å². The van der Waals surface area contributed by atoms with Crippen LogP contribution in [0.5, 0.6) is 0 Å². The molecule has 0 radical (unpaired) electrons. The van der Waals surface area contributed by atoms with Gasteiger partial charge in [-0.25, -0.2) is 0 Å². The van der Waals surface area contributed by atoms with E-state index in [0.717, 1.165) is 6.42 Å². The van der Waals surface area contributed by atoms with Crippen LogP contribution in [0.4, 0.5) is 0 Å². The molecule has 2 nitrogen and oxygen atoms in total. The van der Waals surface area contributed by atoms with Crippen molar-refractivity contribution in [1.29, 1.82) is 0 Å². The van der Waals surface area contributed by atoms with Gasteiger partial charge in [-0.05, 0) is 27.2 Å². The molecule has 1 atom stereocenters. The molecule has 0 aromatic rings. The summed E-state index contributed by atoms with van der Waals surface area (Å²) < 4.78 is 0. The van der Waals surface area contributed by atoms with Crippen molar-refractivity contribution in [1.82, 2.24) is 4.90 Å². The molecule has 0 saturated carbocycles. The number of likely N-dealkylation sites (tertiary alicyclic amines) is 1. The van der Waals surface area contributed by atoms with E-state index in [0.29, 0.717) is 11.9 Å². The van der Waals surface area contributed by atoms with Crippen LogP contribution in [0.2, 0.25) is 0 Å². The Morgan fingerprint density at radius 3 is 2.17 bits per heavy atom. The lowest BCUT2D eigenvalue weighted by molar-refractivity contribution is -0.155. The first-order chi connectivity index (χ1) is 5.36. The van der Waals surface area contributed by atoms with Gasteiger partial charge in [0, 0.05) is 17.5 Å². The van der Waals surface area contributed by atoms with Gasteiger partial charge in [0.05, 0.1) is 0 Å². The van der Waals surface area contributed by atoms with E-state index in [2.05, 4.69) is 20.8 Å². The highest BCUT2D eigenvalue weighted by Crippen LogP contribution is 2.36. The zero-order valence-electron chi connectivity index (χ0n) is 8.72. The zero-order chi connectivity index (χ0) is 9.52. The van der Waals surface area contributed by atoms with Crippen LogP contribution in [-0.2, 0) is 4.79 Å². The van der Waals surface area contributed by atoms with Gasteiger partial charge in [-0.2, -0.15) is 0 Å². The second kappa shape index (κ2) is 2.75. The Bertz CT molecular complexity index is 196. The van der Waals surface area contributed by atoms with Crippen molar-refractivity contribution >= 4 is 5.91 Å². The lowest BCUT2D eigenvalue weighted by Crippen LogP contribution is -2.64. The first kappa shape index (κ1) is 9.56. The summed E-state index contributed by atoms with van der Waals surface area (Å²) in [5, 5.41) is 0. The van der Waals surface area contributed by atoms with Crippen LogP contribution < -0.4 is 0 Å². The maximum Gasteiger partial charge on any atom is 0.225 e. The molecule has 1 heterocycles. The minimum Gasteiger partial charge on any atom is -0.334 e. The van der Waals surface area contributed by atoms with E-state index in [1.165, 1.54) is 0 Å². The summed E-state index contributed by atoms with van der Waals surface area (Å²) >= 11 is 0. The van der Waals surface area contributed by atoms with E-state index >= 15 is 0 Å². The Morgan fingerprint density at radius 1 is 1.50 bits per heavy atom. The van der Waals surface area contributed by atoms with Crippen molar-refractivity contribution in [3.05, 3.63) is 0 Å². The molecule has 0 spiro atoms. The van der Waals surface area contributed by atoms with Gasteiger partial charge in [0.15, 0.2) is 0 Å². The van der Waals surface area contributed by atoms with Crippen LogP contribution in [0.1, 0.15) is 41.0 Å². The van der Waals surface area contributed by atoms with Crippen molar-refractivity contribution in [3.8, 4) is 0 Å². The first-order valence-corrected chi connectivity index (χ1v) is 4.69. The lowest BCUT2D eigenvalue weighted by Gasteiger charge is -2.54. The van der Waals surface area contributed by atoms with Crippen molar-refractivity contribution < 1.29 is 4.79 Å². The van der Waals surface area contributed by atoms with Crippen LogP contribution in [0.3, 0.4) is 0 Å². The standard InChI is InChI=1S/C10H19NO/c1-7(2)9(12)11-8(3)6-10(11,4)5/h7-8H,6H2,1-5H3. The number of carbonyl (C=O) groups excluding carboxylic acids is 1. The molecule has 1 amide bonds. The van der Waals surface area contributed by atoms with Crippen LogP contribution in [-0.4, -0.2) is 22.4 Å². The zero-order valence-corrected chi connectivity index (χ0v) is 8.72. The third-order valence-electron chi connectivity index (χ3n) is 2.62. The van der Waals surface area contributed by atoms with Crippen LogP contribution in [0, 0.1) is 5.92 Å². The van der Waals surface area contributed by atoms with Gasteiger partial charge in [-0.1, -0.05) is 13.8 Å². The van der Waals surface area contributed by atoms with Gasteiger partial charge in [0.2, 0.25) is 5.91 Å². The summed E-state index contributed by atoms with van der Waals surface area (Å²) in [7, 11) is 0. The molecule has 2 heteroatoms. The Labute approximate surface area is 74.9 Å². The van der Waals surface area contributed by atoms with Crippen molar-refractivity contribution in [3.63, 3.8) is 0 Å². The monoisotopic (exact) mass is 169 g/mol. The second-order valence-electron chi connectivity index (χ2n) is 4.73. The second-order valence-corrected chi connectivity index (χ2v) is 4.73. The van der Waals surface area contributed by atoms with E-state index in [1.54, 1.807) is 0 Å². The highest BCUT2D eigenvalue weighted by molar-refractivity contribution is 5.80. The first-order valence-electron chi connectivity index (χ1n) is 4.69. The number of rotatable bonds is 1. The predicted octanol–water partition coefficient (Wildman–Crippen LogP) is 2.04. The third-order valence-corrected chi connectivity index (χ3v) is 2.62. The van der Waals surface area contributed by atoms with Gasteiger partial charge in [0.1, 0.15) is 0 Å². The number of hydrogen-bond donors (Lipinski definition) is 0. The average molecular weight is 169 g/mol. The smallest absolute Gasteiger partial charge is 0.225 e. The van der Waals surface area contributed by atoms with E-state index in [1.807, 2.05) is 18.7 Å². The van der Waals surface area contributed by atoms with Crippen molar-refractivity contribution in [2.45, 2.75) is 52.6 Å². The van der Waals surface area contributed by atoms with E-state index in [-0.39, 0.29) is 11.5 Å². The van der Waals surface area contributed by atoms with Gasteiger partial charge < -0.3 is 4.90 Å². The largest absolute Gasteiger partial charge is 0.334 e. The fourth-order valence-corrected chi connectivity index (χ4v) is 2.19. The lowest BCUT2D eigenvalue weighted by atomic mass is 9.81. The fraction of sp³-hybridized carbons (Fsp3) is 0.900. The summed E-state index contributed by atoms with van der Waals surface area (Å²) in [4.78, 5) is 13.7. The Morgan fingerprint density at radius 2 is 2.00 bits per heavy atom. The van der Waals surface area contributed by atoms with E-state index in [4.69, 9.17) is 0 Å². The maximum atomic E-state index is 11.7. The molecule has 12 heavy (non-hydrogen) atoms. The Kier molecular flexibility index (Phi) is 2.19. The van der Waals surface area contributed by atoms with Crippen LogP contribution in [0.15, 0.2) is 0 Å². The number of nitrogens with zero attached hydrogens (tertiary/aromatic N) is 1. The van der Waals surface area contributed by atoms with E-state index in [9.17, 15) is 4.79 Å². The van der Waals surface area contributed by atoms with Gasteiger partial charge in [-0.15, -0.1) is 0 Å². The third kappa shape index (κ3) is 1.35. The highest BCUT2D eigenvalue weighted by atomic mass is 16.2. The highest BCUT2D eigenvalue weighted by Gasteiger charge is 2.45. The molecule has 1 fully saturated rings. The number of carbonyl (C=O) groups is 1. The molecule has 0 aliphatic carbocycles. The number of hydrogen-bond acceptors (Lipinski definition) is 1. The summed E-state index contributed by atoms with van der Waals surface area (Å²) in [6.45, 7) is 10.3. The molecular formula is C10H19NO. The van der Waals surface area contributed by atoms with Crippen LogP contribution >= 0.6 is 0 Å². The van der Waals surface area contributed by atoms with E-state index < -0.39 is 0 Å². The molecule has 1 saturated heterocycles. The Hall–Kier alpha value is -0.530. The normalized spacial score (nSPS) is 27.2. The molecule has 1 aliphatic heterocycles. The molecule has 0 bridgehead atoms. The van der Waals surface area contributed by atoms with Crippen molar-refractivity contribution in [2.24, 2.45) is 5.92 Å². The predicted molar refractivity (Wildman–Crippen MR) is 49.8 cm³/mol.